The lowest BCUT2D eigenvalue weighted by atomic mass is 9.72. The third kappa shape index (κ3) is 4.18. The van der Waals surface area contributed by atoms with Gasteiger partial charge in [0.25, 0.3) is 0 Å². The molecule has 1 fully saturated rings. The van der Waals surface area contributed by atoms with Crippen LogP contribution in [0, 0.1) is 11.3 Å². The second kappa shape index (κ2) is 8.06. The van der Waals surface area contributed by atoms with Gasteiger partial charge in [0, 0.05) is 32.2 Å². The number of aliphatic hydroxyl groups is 1. The summed E-state index contributed by atoms with van der Waals surface area (Å²) >= 11 is 6.39. The first-order valence-corrected chi connectivity index (χ1v) is 9.43. The molecule has 6 nitrogen and oxygen atoms in total. The maximum atomic E-state index is 12.1. The number of piperidine rings is 1. The molecule has 2 heterocycles. The van der Waals surface area contributed by atoms with E-state index in [2.05, 4.69) is 23.8 Å². The number of carboxylic acids is 1. The van der Waals surface area contributed by atoms with Gasteiger partial charge in [0.2, 0.25) is 0 Å². The van der Waals surface area contributed by atoms with Gasteiger partial charge < -0.3 is 10.2 Å². The third-order valence-electron chi connectivity index (χ3n) is 5.32. The molecule has 0 radical (unpaired) electrons. The SMILES string of the molecule is CCc1nn(C)c(Cl)c1CN1CC[C@@H](O)[C@](CCC(C)C)(C(=O)O)C1. The lowest BCUT2D eigenvalue weighted by Gasteiger charge is -2.43. The van der Waals surface area contributed by atoms with Gasteiger partial charge in [0.1, 0.15) is 10.6 Å². The van der Waals surface area contributed by atoms with Crippen molar-refractivity contribution in [3.05, 3.63) is 16.4 Å². The molecule has 142 valence electrons. The minimum atomic E-state index is -1.11. The van der Waals surface area contributed by atoms with E-state index >= 15 is 0 Å². The number of rotatable bonds is 7. The number of nitrogens with zero attached hydrogens (tertiary/aromatic N) is 3. The highest BCUT2D eigenvalue weighted by Gasteiger charge is 2.48. The predicted molar refractivity (Wildman–Crippen MR) is 97.6 cm³/mol. The van der Waals surface area contributed by atoms with Crippen LogP contribution in [0.25, 0.3) is 0 Å². The molecule has 0 aromatic carbocycles. The number of carbonyl (C=O) groups is 1. The Morgan fingerprint density at radius 2 is 2.16 bits per heavy atom. The van der Waals surface area contributed by atoms with E-state index < -0.39 is 17.5 Å². The van der Waals surface area contributed by atoms with E-state index in [-0.39, 0.29) is 0 Å². The molecule has 0 amide bonds. The van der Waals surface area contributed by atoms with E-state index in [1.54, 1.807) is 4.68 Å². The Kier molecular flexibility index (Phi) is 6.51. The minimum Gasteiger partial charge on any atom is -0.481 e. The Morgan fingerprint density at radius 3 is 2.72 bits per heavy atom. The van der Waals surface area contributed by atoms with E-state index in [0.29, 0.717) is 43.5 Å². The number of halogens is 1. The summed E-state index contributed by atoms with van der Waals surface area (Å²) in [5.41, 5.74) is 0.803. The quantitative estimate of drug-likeness (QED) is 0.770. The topological polar surface area (TPSA) is 78.6 Å². The predicted octanol–water partition coefficient (Wildman–Crippen LogP) is 2.71. The molecule has 7 heteroatoms. The molecule has 1 aromatic rings. The van der Waals surface area contributed by atoms with Gasteiger partial charge in [-0.05, 0) is 31.6 Å². The maximum Gasteiger partial charge on any atom is 0.313 e. The molecule has 2 N–H and O–H groups in total. The highest BCUT2D eigenvalue weighted by molar-refractivity contribution is 6.30. The van der Waals surface area contributed by atoms with E-state index in [4.69, 9.17) is 11.6 Å². The van der Waals surface area contributed by atoms with E-state index in [1.807, 2.05) is 14.0 Å². The molecule has 1 aliphatic rings. The van der Waals surface area contributed by atoms with Gasteiger partial charge in [-0.1, -0.05) is 32.4 Å². The lowest BCUT2D eigenvalue weighted by Crippen LogP contribution is -2.55. The van der Waals surface area contributed by atoms with Crippen LogP contribution in [0.5, 0.6) is 0 Å². The standard InChI is InChI=1S/C18H30ClN3O3/c1-5-14-13(16(19)21(4)20-14)10-22-9-7-15(23)18(11-22,17(24)25)8-6-12(2)3/h12,15,23H,5-11H2,1-4H3,(H,24,25)/t15-,18-/m1/s1. The third-order valence-corrected chi connectivity index (χ3v) is 5.80. The first kappa shape index (κ1) is 20.2. The zero-order valence-corrected chi connectivity index (χ0v) is 16.4. The molecule has 0 bridgehead atoms. The summed E-state index contributed by atoms with van der Waals surface area (Å²) in [6.07, 6.45) is 1.70. The number of likely N-dealkylation sites (tertiary alicyclic amines) is 1. The fourth-order valence-electron chi connectivity index (χ4n) is 3.67. The van der Waals surface area contributed by atoms with Gasteiger partial charge in [0.05, 0.1) is 11.8 Å². The molecule has 1 saturated heterocycles. The van der Waals surface area contributed by atoms with Crippen molar-refractivity contribution < 1.29 is 15.0 Å². The molecule has 0 saturated carbocycles. The van der Waals surface area contributed by atoms with E-state index in [0.717, 1.165) is 24.1 Å². The van der Waals surface area contributed by atoms with Gasteiger partial charge in [0.15, 0.2) is 0 Å². The molecular weight excluding hydrogens is 342 g/mol. The van der Waals surface area contributed by atoms with Crippen molar-refractivity contribution in [1.29, 1.82) is 0 Å². The molecule has 0 spiro atoms. The van der Waals surface area contributed by atoms with E-state index in [1.165, 1.54) is 0 Å². The number of aliphatic hydroxyl groups excluding tert-OH is 1. The van der Waals surface area contributed by atoms with Crippen LogP contribution >= 0.6 is 11.6 Å². The largest absolute Gasteiger partial charge is 0.481 e. The summed E-state index contributed by atoms with van der Waals surface area (Å²) < 4.78 is 1.66. The Balaban J connectivity index is 2.22. The van der Waals surface area contributed by atoms with Crippen molar-refractivity contribution in [2.45, 2.75) is 59.1 Å². The highest BCUT2D eigenvalue weighted by Crippen LogP contribution is 2.37. The van der Waals surface area contributed by atoms with Crippen LogP contribution in [0.1, 0.15) is 51.3 Å². The fourth-order valence-corrected chi connectivity index (χ4v) is 3.88. The monoisotopic (exact) mass is 371 g/mol. The van der Waals surface area contributed by atoms with Gasteiger partial charge in [-0.15, -0.1) is 0 Å². The van der Waals surface area contributed by atoms with Crippen molar-refractivity contribution in [3.63, 3.8) is 0 Å². The number of hydrogen-bond donors (Lipinski definition) is 2. The lowest BCUT2D eigenvalue weighted by molar-refractivity contribution is -0.165. The molecule has 1 aliphatic heterocycles. The summed E-state index contributed by atoms with van der Waals surface area (Å²) in [4.78, 5) is 14.2. The van der Waals surface area contributed by atoms with Crippen LogP contribution in [0.4, 0.5) is 0 Å². The second-order valence-electron chi connectivity index (χ2n) is 7.60. The zero-order valence-electron chi connectivity index (χ0n) is 15.6. The summed E-state index contributed by atoms with van der Waals surface area (Å²) in [7, 11) is 1.81. The number of hydrogen-bond acceptors (Lipinski definition) is 4. The van der Waals surface area contributed by atoms with Crippen LogP contribution in [-0.2, 0) is 24.8 Å². The summed E-state index contributed by atoms with van der Waals surface area (Å²) in [5, 5.41) is 25.4. The van der Waals surface area contributed by atoms with Crippen molar-refractivity contribution in [3.8, 4) is 0 Å². The van der Waals surface area contributed by atoms with Crippen LogP contribution < -0.4 is 0 Å². The molecule has 0 unspecified atom stereocenters. The summed E-state index contributed by atoms with van der Waals surface area (Å²) in [6.45, 7) is 7.75. The van der Waals surface area contributed by atoms with Crippen LogP contribution in [0.2, 0.25) is 5.15 Å². The number of carboxylic acid groups (broad SMARTS) is 1. The van der Waals surface area contributed by atoms with Crippen LogP contribution in [0.15, 0.2) is 0 Å². The van der Waals surface area contributed by atoms with E-state index in [9.17, 15) is 15.0 Å². The van der Waals surface area contributed by atoms with Crippen molar-refractivity contribution >= 4 is 17.6 Å². The Labute approximate surface area is 154 Å². The Bertz CT molecular complexity index is 617. The van der Waals surface area contributed by atoms with Crippen molar-refractivity contribution in [1.82, 2.24) is 14.7 Å². The first-order valence-electron chi connectivity index (χ1n) is 9.05. The average molecular weight is 372 g/mol. The molecular formula is C18H30ClN3O3. The molecule has 25 heavy (non-hydrogen) atoms. The van der Waals surface area contributed by atoms with Gasteiger partial charge in [-0.3, -0.25) is 14.4 Å². The van der Waals surface area contributed by atoms with Gasteiger partial charge in [-0.2, -0.15) is 5.10 Å². The van der Waals surface area contributed by atoms with Gasteiger partial charge >= 0.3 is 5.97 Å². The highest BCUT2D eigenvalue weighted by atomic mass is 35.5. The molecule has 1 aromatic heterocycles. The second-order valence-corrected chi connectivity index (χ2v) is 7.96. The smallest absolute Gasteiger partial charge is 0.313 e. The number of aliphatic carboxylic acids is 1. The number of aryl methyl sites for hydroxylation is 2. The average Bonchev–Trinajstić information content (AvgIpc) is 2.82. The maximum absolute atomic E-state index is 12.1. The summed E-state index contributed by atoms with van der Waals surface area (Å²) in [6, 6.07) is 0. The van der Waals surface area contributed by atoms with Crippen molar-refractivity contribution in [2.75, 3.05) is 13.1 Å². The van der Waals surface area contributed by atoms with Crippen molar-refractivity contribution in [2.24, 2.45) is 18.4 Å². The normalized spacial score (nSPS) is 24.8. The molecule has 0 aliphatic carbocycles. The first-order chi connectivity index (χ1) is 11.7. The minimum absolute atomic E-state index is 0.338. The number of aromatic nitrogens is 2. The Hall–Kier alpha value is -1.11. The Morgan fingerprint density at radius 1 is 1.48 bits per heavy atom. The fraction of sp³-hybridized carbons (Fsp3) is 0.778. The van der Waals surface area contributed by atoms with Crippen LogP contribution in [-0.4, -0.2) is 50.1 Å². The summed E-state index contributed by atoms with van der Waals surface area (Å²) in [5.74, 6) is -0.503. The van der Waals surface area contributed by atoms with Gasteiger partial charge in [-0.25, -0.2) is 0 Å². The molecule has 2 atom stereocenters. The van der Waals surface area contributed by atoms with Crippen LogP contribution in [0.3, 0.4) is 0 Å². The zero-order chi connectivity index (χ0) is 18.8. The molecule has 2 rings (SSSR count).